The molecular formula is C33H46BrN3O4S. The fourth-order valence-corrected chi connectivity index (χ4v) is 10.8. The lowest BCUT2D eigenvalue weighted by Crippen LogP contribution is -2.59. The first kappa shape index (κ1) is 32.8. The molecule has 3 unspecified atom stereocenters. The average molecular weight is 661 g/mol. The third-order valence-corrected chi connectivity index (χ3v) is 12.6. The molecule has 3 amide bonds. The smallest absolute Gasteiger partial charge is 0.247 e. The average Bonchev–Trinajstić information content (AvgIpc) is 3.58. The standard InChI is InChI=1S/C33H46BrN3O4S/c1-6-10-18-35(16-7-2)32(41)29-33-19-24(34)28(42-33)26(27(33)31(40)37(29)25(21-38)22(5)9-4)30(39)36(17-8-3)20-23-14-12-11-13-15-23/h7-8,11-15,22,24-29,38H,2-3,6,9-10,16-21H2,1,4-5H3/t22-,24?,25-,26+,27-,28+,29?,33?/m0/s1. The van der Waals surface area contributed by atoms with E-state index >= 15 is 0 Å². The summed E-state index contributed by atoms with van der Waals surface area (Å²) in [6.45, 7) is 15.5. The quantitative estimate of drug-likeness (QED) is 0.214. The van der Waals surface area contributed by atoms with Crippen molar-refractivity contribution in [1.29, 1.82) is 0 Å². The molecule has 230 valence electrons. The third kappa shape index (κ3) is 5.85. The largest absolute Gasteiger partial charge is 0.394 e. The summed E-state index contributed by atoms with van der Waals surface area (Å²) in [5.74, 6) is -1.59. The SMILES string of the molecule is C=CCN(CCCC)C(=O)C1N([C@@H](CO)[C@@H](C)CC)C(=O)[C@@H]2[C@@H](C(=O)N(CC=C)Cc3ccccc3)[C@@H]3SC12CC3Br. The van der Waals surface area contributed by atoms with Crippen LogP contribution in [0.1, 0.15) is 52.0 Å². The summed E-state index contributed by atoms with van der Waals surface area (Å²) in [5, 5.41) is 10.5. The molecule has 0 aliphatic carbocycles. The topological polar surface area (TPSA) is 81.2 Å². The Balaban J connectivity index is 1.79. The minimum Gasteiger partial charge on any atom is -0.394 e. The van der Waals surface area contributed by atoms with Gasteiger partial charge in [0.1, 0.15) is 6.04 Å². The lowest BCUT2D eigenvalue weighted by Gasteiger charge is -2.41. The number of fused-ring (bicyclic) bond motifs is 1. The number of unbranched alkanes of at least 4 members (excludes halogenated alkanes) is 1. The van der Waals surface area contributed by atoms with Crippen LogP contribution in [0.15, 0.2) is 55.6 Å². The van der Waals surface area contributed by atoms with Crippen molar-refractivity contribution in [3.05, 3.63) is 61.2 Å². The Hall–Kier alpha value is -2.10. The predicted molar refractivity (Wildman–Crippen MR) is 173 cm³/mol. The number of hydrogen-bond donors (Lipinski definition) is 1. The van der Waals surface area contributed by atoms with Crippen molar-refractivity contribution < 1.29 is 19.5 Å². The van der Waals surface area contributed by atoms with Crippen LogP contribution in [-0.2, 0) is 20.9 Å². The van der Waals surface area contributed by atoms with Gasteiger partial charge >= 0.3 is 0 Å². The van der Waals surface area contributed by atoms with Crippen molar-refractivity contribution in [3.8, 4) is 0 Å². The van der Waals surface area contributed by atoms with Crippen LogP contribution < -0.4 is 0 Å². The third-order valence-electron chi connectivity index (χ3n) is 9.41. The van der Waals surface area contributed by atoms with Crippen molar-refractivity contribution in [2.45, 2.75) is 79.9 Å². The number of amides is 3. The highest BCUT2D eigenvalue weighted by Crippen LogP contribution is 2.68. The number of nitrogens with zero attached hydrogens (tertiary/aromatic N) is 3. The fraction of sp³-hybridized carbons (Fsp3) is 0.606. The number of aliphatic hydroxyl groups excluding tert-OH is 1. The Kier molecular flexibility index (Phi) is 11.0. The summed E-state index contributed by atoms with van der Waals surface area (Å²) in [6, 6.07) is 8.58. The summed E-state index contributed by atoms with van der Waals surface area (Å²) < 4.78 is -0.758. The van der Waals surface area contributed by atoms with Crippen molar-refractivity contribution in [2.75, 3.05) is 26.2 Å². The van der Waals surface area contributed by atoms with E-state index in [0.717, 1.165) is 24.8 Å². The van der Waals surface area contributed by atoms with Crippen molar-refractivity contribution in [3.63, 3.8) is 0 Å². The van der Waals surface area contributed by atoms with Gasteiger partial charge in [0.05, 0.1) is 29.2 Å². The number of aliphatic hydroxyl groups is 1. The van der Waals surface area contributed by atoms with E-state index in [4.69, 9.17) is 0 Å². The maximum Gasteiger partial charge on any atom is 0.247 e. The Morgan fingerprint density at radius 2 is 1.83 bits per heavy atom. The summed E-state index contributed by atoms with van der Waals surface area (Å²) in [4.78, 5) is 49.0. The van der Waals surface area contributed by atoms with E-state index in [0.29, 0.717) is 32.6 Å². The van der Waals surface area contributed by atoms with Crippen LogP contribution in [0.2, 0.25) is 0 Å². The van der Waals surface area contributed by atoms with Crippen LogP contribution in [0.4, 0.5) is 0 Å². The van der Waals surface area contributed by atoms with Crippen molar-refractivity contribution in [1.82, 2.24) is 14.7 Å². The van der Waals surface area contributed by atoms with Gasteiger partial charge in [-0.1, -0.05) is 92.0 Å². The fourth-order valence-electron chi connectivity index (χ4n) is 7.17. The minimum absolute atomic E-state index is 0.0144. The zero-order valence-corrected chi connectivity index (χ0v) is 27.6. The molecule has 2 bridgehead atoms. The van der Waals surface area contributed by atoms with Gasteiger partial charge in [-0.3, -0.25) is 14.4 Å². The molecule has 3 saturated heterocycles. The number of likely N-dealkylation sites (tertiary alicyclic amines) is 1. The summed E-state index contributed by atoms with van der Waals surface area (Å²) in [5.41, 5.74) is 1.01. The summed E-state index contributed by atoms with van der Waals surface area (Å²) in [6.07, 6.45) is 6.61. The molecular weight excluding hydrogens is 614 g/mol. The lowest BCUT2D eigenvalue weighted by atomic mass is 9.70. The number of carbonyl (C=O) groups excluding carboxylic acids is 3. The van der Waals surface area contributed by atoms with Crippen molar-refractivity contribution in [2.24, 2.45) is 17.8 Å². The number of benzene rings is 1. The van der Waals surface area contributed by atoms with E-state index < -0.39 is 28.7 Å². The molecule has 3 heterocycles. The van der Waals surface area contributed by atoms with E-state index in [9.17, 15) is 19.5 Å². The van der Waals surface area contributed by atoms with Gasteiger partial charge in [0.2, 0.25) is 17.7 Å². The van der Waals surface area contributed by atoms with Gasteiger partial charge in [-0.25, -0.2) is 0 Å². The first-order valence-corrected chi connectivity index (χ1v) is 17.1. The highest BCUT2D eigenvalue weighted by molar-refractivity contribution is 9.09. The molecule has 42 heavy (non-hydrogen) atoms. The van der Waals surface area contributed by atoms with Crippen LogP contribution >= 0.6 is 27.7 Å². The van der Waals surface area contributed by atoms with Gasteiger partial charge < -0.3 is 19.8 Å². The predicted octanol–water partition coefficient (Wildman–Crippen LogP) is 4.89. The lowest BCUT2D eigenvalue weighted by molar-refractivity contribution is -0.148. The molecule has 0 saturated carbocycles. The molecule has 3 fully saturated rings. The van der Waals surface area contributed by atoms with Crippen molar-refractivity contribution >= 4 is 45.4 Å². The Morgan fingerprint density at radius 3 is 2.43 bits per heavy atom. The minimum atomic E-state index is -0.758. The molecule has 1 N–H and O–H groups in total. The molecule has 3 aliphatic rings. The van der Waals surface area contributed by atoms with Crippen LogP contribution in [-0.4, -0.2) is 90.7 Å². The van der Waals surface area contributed by atoms with Gasteiger partial charge in [-0.05, 0) is 24.3 Å². The van der Waals surface area contributed by atoms with Gasteiger partial charge in [-0.15, -0.1) is 24.9 Å². The van der Waals surface area contributed by atoms with Gasteiger partial charge in [0.25, 0.3) is 0 Å². The van der Waals surface area contributed by atoms with Gasteiger partial charge in [-0.2, -0.15) is 0 Å². The van der Waals surface area contributed by atoms with Crippen LogP contribution in [0, 0.1) is 17.8 Å². The van der Waals surface area contributed by atoms with E-state index in [-0.39, 0.29) is 40.3 Å². The van der Waals surface area contributed by atoms with Gasteiger partial charge in [0.15, 0.2) is 0 Å². The molecule has 4 rings (SSSR count). The Bertz CT molecular complexity index is 1150. The molecule has 0 radical (unpaired) electrons. The highest BCUT2D eigenvalue weighted by Gasteiger charge is 2.76. The summed E-state index contributed by atoms with van der Waals surface area (Å²) in [7, 11) is 0. The molecule has 1 aromatic rings. The Labute approximate surface area is 263 Å². The number of carbonyl (C=O) groups is 3. The van der Waals surface area contributed by atoms with Crippen LogP contribution in [0.3, 0.4) is 0 Å². The summed E-state index contributed by atoms with van der Waals surface area (Å²) >= 11 is 5.53. The second-order valence-corrected chi connectivity index (χ2v) is 14.7. The van der Waals surface area contributed by atoms with Crippen LogP contribution in [0.25, 0.3) is 0 Å². The first-order valence-electron chi connectivity index (χ1n) is 15.3. The zero-order chi connectivity index (χ0) is 30.6. The number of rotatable bonds is 15. The molecule has 1 spiro atoms. The normalized spacial score (nSPS) is 29.2. The molecule has 7 nitrogen and oxygen atoms in total. The second-order valence-electron chi connectivity index (χ2n) is 12.0. The first-order chi connectivity index (χ1) is 20.2. The van der Waals surface area contributed by atoms with E-state index in [2.05, 4.69) is 36.0 Å². The molecule has 8 atom stereocenters. The second kappa shape index (κ2) is 14.1. The monoisotopic (exact) mass is 659 g/mol. The zero-order valence-electron chi connectivity index (χ0n) is 25.2. The number of halogens is 1. The van der Waals surface area contributed by atoms with Gasteiger partial charge in [0, 0.05) is 36.3 Å². The van der Waals surface area contributed by atoms with E-state index in [1.165, 1.54) is 0 Å². The molecule has 1 aromatic carbocycles. The maximum absolute atomic E-state index is 14.7. The molecule has 0 aromatic heterocycles. The number of hydrogen-bond acceptors (Lipinski definition) is 5. The Morgan fingerprint density at radius 1 is 1.17 bits per heavy atom. The number of alkyl halides is 1. The number of thioether (sulfide) groups is 1. The maximum atomic E-state index is 14.7. The highest BCUT2D eigenvalue weighted by atomic mass is 79.9. The van der Waals surface area contributed by atoms with E-state index in [1.807, 2.05) is 49.1 Å². The van der Waals surface area contributed by atoms with Crippen LogP contribution in [0.5, 0.6) is 0 Å². The molecule has 3 aliphatic heterocycles. The van der Waals surface area contributed by atoms with E-state index in [1.54, 1.807) is 33.7 Å². The molecule has 9 heteroatoms.